The molecule has 9 heteroatoms. The molecule has 3 N–H and O–H groups in total. The lowest BCUT2D eigenvalue weighted by Gasteiger charge is -2.11. The van der Waals surface area contributed by atoms with E-state index in [-0.39, 0.29) is 29.7 Å². The van der Waals surface area contributed by atoms with Crippen molar-refractivity contribution < 1.29 is 9.84 Å². The molecule has 0 spiro atoms. The van der Waals surface area contributed by atoms with Crippen LogP contribution in [0.15, 0.2) is 29.5 Å². The number of methoxy groups -OCH3 is 1. The summed E-state index contributed by atoms with van der Waals surface area (Å²) in [5.41, 5.74) is 0.888. The minimum absolute atomic E-state index is 0. The molecule has 1 aromatic carbocycles. The first-order valence-corrected chi connectivity index (χ1v) is 7.35. The molecular weight excluding hydrogens is 423 g/mol. The van der Waals surface area contributed by atoms with Crippen LogP contribution in [0, 0.1) is 0 Å². The van der Waals surface area contributed by atoms with Crippen molar-refractivity contribution in [3.05, 3.63) is 35.9 Å². The molecule has 24 heavy (non-hydrogen) atoms. The fourth-order valence-electron chi connectivity index (χ4n) is 1.99. The van der Waals surface area contributed by atoms with Gasteiger partial charge < -0.3 is 20.5 Å². The van der Waals surface area contributed by atoms with Crippen molar-refractivity contribution in [1.29, 1.82) is 0 Å². The Kier molecular flexibility index (Phi) is 8.30. The van der Waals surface area contributed by atoms with Crippen LogP contribution < -0.4 is 15.4 Å². The van der Waals surface area contributed by atoms with Gasteiger partial charge in [-0.05, 0) is 24.6 Å². The quantitative estimate of drug-likeness (QED) is 0.353. The average Bonchev–Trinajstić information content (AvgIpc) is 2.95. The monoisotopic (exact) mass is 446 g/mol. The minimum atomic E-state index is 0. The van der Waals surface area contributed by atoms with E-state index in [1.165, 1.54) is 13.4 Å². The summed E-state index contributed by atoms with van der Waals surface area (Å²) in [6.07, 6.45) is 1.52. The first kappa shape index (κ1) is 20.0. The van der Waals surface area contributed by atoms with Crippen LogP contribution in [0.25, 0.3) is 0 Å². The van der Waals surface area contributed by atoms with Crippen molar-refractivity contribution in [3.63, 3.8) is 0 Å². The average molecular weight is 446 g/mol. The molecule has 0 saturated carbocycles. The third-order valence-electron chi connectivity index (χ3n) is 3.23. The van der Waals surface area contributed by atoms with Crippen molar-refractivity contribution in [1.82, 2.24) is 25.4 Å². The summed E-state index contributed by atoms with van der Waals surface area (Å²) in [4.78, 5) is 8.65. The van der Waals surface area contributed by atoms with Crippen LogP contribution in [-0.2, 0) is 20.1 Å². The molecule has 0 radical (unpaired) electrons. The molecule has 0 atom stereocenters. The number of halogens is 1. The van der Waals surface area contributed by atoms with Gasteiger partial charge in [-0.25, -0.2) is 9.98 Å². The second-order valence-corrected chi connectivity index (χ2v) is 4.85. The van der Waals surface area contributed by atoms with E-state index in [4.69, 9.17) is 4.74 Å². The van der Waals surface area contributed by atoms with Crippen LogP contribution in [-0.4, -0.2) is 39.5 Å². The minimum Gasteiger partial charge on any atom is -0.504 e. The van der Waals surface area contributed by atoms with Gasteiger partial charge in [0.05, 0.1) is 20.2 Å². The summed E-state index contributed by atoms with van der Waals surface area (Å²) >= 11 is 0. The highest BCUT2D eigenvalue weighted by Gasteiger charge is 2.04. The van der Waals surface area contributed by atoms with Crippen LogP contribution in [0.2, 0.25) is 0 Å². The maximum Gasteiger partial charge on any atom is 0.191 e. The largest absolute Gasteiger partial charge is 0.504 e. The van der Waals surface area contributed by atoms with Gasteiger partial charge in [-0.3, -0.25) is 4.68 Å². The highest BCUT2D eigenvalue weighted by atomic mass is 127. The highest BCUT2D eigenvalue weighted by Crippen LogP contribution is 2.26. The van der Waals surface area contributed by atoms with Crippen molar-refractivity contribution in [2.45, 2.75) is 20.0 Å². The van der Waals surface area contributed by atoms with Crippen LogP contribution >= 0.6 is 24.0 Å². The van der Waals surface area contributed by atoms with E-state index >= 15 is 0 Å². The zero-order chi connectivity index (χ0) is 16.7. The second-order valence-electron chi connectivity index (χ2n) is 4.85. The number of phenols is 1. The van der Waals surface area contributed by atoms with Gasteiger partial charge in [0, 0.05) is 13.6 Å². The molecule has 132 valence electrons. The Hall–Kier alpha value is -2.04. The predicted octanol–water partition coefficient (Wildman–Crippen LogP) is 1.40. The molecule has 0 aliphatic carbocycles. The Morgan fingerprint density at radius 3 is 2.75 bits per heavy atom. The highest BCUT2D eigenvalue weighted by molar-refractivity contribution is 14.0. The number of phenolic OH excluding ortho intramolecular Hbond substituents is 1. The molecular formula is C15H23IN6O2. The maximum atomic E-state index is 9.80. The molecule has 0 aliphatic heterocycles. The zero-order valence-corrected chi connectivity index (χ0v) is 16.3. The van der Waals surface area contributed by atoms with Crippen molar-refractivity contribution >= 4 is 29.9 Å². The van der Waals surface area contributed by atoms with E-state index in [1.807, 2.05) is 20.0 Å². The summed E-state index contributed by atoms with van der Waals surface area (Å²) < 4.78 is 6.74. The Morgan fingerprint density at radius 1 is 1.38 bits per heavy atom. The Bertz CT molecular complexity index is 674. The summed E-state index contributed by atoms with van der Waals surface area (Å²) in [5, 5.41) is 20.2. The lowest BCUT2D eigenvalue weighted by Crippen LogP contribution is -2.37. The van der Waals surface area contributed by atoms with Crippen LogP contribution in [0.4, 0.5) is 0 Å². The third-order valence-corrected chi connectivity index (χ3v) is 3.23. The number of benzene rings is 1. The smallest absolute Gasteiger partial charge is 0.191 e. The SMILES string of the molecule is CCNC(=NCc1ccc(OC)c(O)c1)NCc1ncnn1C.I. The predicted molar refractivity (Wildman–Crippen MR) is 103 cm³/mol. The van der Waals surface area contributed by atoms with Crippen LogP contribution in [0.1, 0.15) is 18.3 Å². The van der Waals surface area contributed by atoms with Gasteiger partial charge in [0.1, 0.15) is 12.2 Å². The van der Waals surface area contributed by atoms with Crippen molar-refractivity contribution in [2.75, 3.05) is 13.7 Å². The summed E-state index contributed by atoms with van der Waals surface area (Å²) in [5.74, 6) is 2.05. The molecule has 0 bridgehead atoms. The summed E-state index contributed by atoms with van der Waals surface area (Å²) in [7, 11) is 3.36. The summed E-state index contributed by atoms with van der Waals surface area (Å²) in [6.45, 7) is 3.71. The van der Waals surface area contributed by atoms with Crippen LogP contribution in [0.5, 0.6) is 11.5 Å². The Balaban J connectivity index is 0.00000288. The number of aliphatic imine (C=N–C) groups is 1. The number of ether oxygens (including phenoxy) is 1. The van der Waals surface area contributed by atoms with Gasteiger partial charge >= 0.3 is 0 Å². The topological polar surface area (TPSA) is 96.6 Å². The van der Waals surface area contributed by atoms with Gasteiger partial charge in [-0.15, -0.1) is 24.0 Å². The third kappa shape index (κ3) is 5.55. The first-order valence-electron chi connectivity index (χ1n) is 7.35. The number of aromatic hydroxyl groups is 1. The van der Waals surface area contributed by atoms with E-state index in [0.717, 1.165) is 17.9 Å². The summed E-state index contributed by atoms with van der Waals surface area (Å²) in [6, 6.07) is 5.24. The molecule has 2 rings (SSSR count). The number of hydrogen-bond acceptors (Lipinski definition) is 5. The number of guanidine groups is 1. The number of rotatable bonds is 6. The number of nitrogens with zero attached hydrogens (tertiary/aromatic N) is 4. The number of hydrogen-bond donors (Lipinski definition) is 3. The molecule has 1 heterocycles. The molecule has 0 aliphatic rings. The number of nitrogens with one attached hydrogen (secondary N) is 2. The van der Waals surface area contributed by atoms with Gasteiger partial charge in [0.2, 0.25) is 0 Å². The second kappa shape index (κ2) is 9.96. The molecule has 2 aromatic rings. The maximum absolute atomic E-state index is 9.80. The standard InChI is InChI=1S/C15H22N6O2.HI/c1-4-16-15(18-9-14-19-10-20-21(14)2)17-8-11-5-6-13(23-3)12(22)7-11;/h5-7,10,22H,4,8-9H2,1-3H3,(H2,16,17,18);1H. The molecule has 0 saturated heterocycles. The van der Waals surface area contributed by atoms with E-state index in [1.54, 1.807) is 16.8 Å². The van der Waals surface area contributed by atoms with Crippen molar-refractivity contribution in [2.24, 2.45) is 12.0 Å². The normalized spacial score (nSPS) is 10.9. The van der Waals surface area contributed by atoms with Gasteiger partial charge in [-0.2, -0.15) is 5.10 Å². The Labute approximate surface area is 158 Å². The van der Waals surface area contributed by atoms with Crippen molar-refractivity contribution in [3.8, 4) is 11.5 Å². The fourth-order valence-corrected chi connectivity index (χ4v) is 1.99. The number of aryl methyl sites for hydroxylation is 1. The molecule has 0 amide bonds. The Morgan fingerprint density at radius 2 is 2.17 bits per heavy atom. The first-order chi connectivity index (χ1) is 11.1. The van der Waals surface area contributed by atoms with E-state index < -0.39 is 0 Å². The van der Waals surface area contributed by atoms with E-state index in [9.17, 15) is 5.11 Å². The molecule has 8 nitrogen and oxygen atoms in total. The van der Waals surface area contributed by atoms with Gasteiger partial charge in [0.25, 0.3) is 0 Å². The van der Waals surface area contributed by atoms with Gasteiger partial charge in [0.15, 0.2) is 17.5 Å². The molecule has 1 aromatic heterocycles. The lowest BCUT2D eigenvalue weighted by molar-refractivity contribution is 0.373. The lowest BCUT2D eigenvalue weighted by atomic mass is 10.2. The van der Waals surface area contributed by atoms with Gasteiger partial charge in [-0.1, -0.05) is 6.07 Å². The fraction of sp³-hybridized carbons (Fsp3) is 0.400. The molecule has 0 unspecified atom stereocenters. The van der Waals surface area contributed by atoms with E-state index in [0.29, 0.717) is 24.8 Å². The number of aromatic nitrogens is 3. The zero-order valence-electron chi connectivity index (χ0n) is 14.0. The van der Waals surface area contributed by atoms with E-state index in [2.05, 4.69) is 25.7 Å². The van der Waals surface area contributed by atoms with Crippen LogP contribution in [0.3, 0.4) is 0 Å². The molecule has 0 fully saturated rings.